The van der Waals surface area contributed by atoms with Crippen LogP contribution in [0.15, 0.2) is 24.3 Å². The Morgan fingerprint density at radius 2 is 2.05 bits per heavy atom. The van der Waals surface area contributed by atoms with Crippen molar-refractivity contribution >= 4 is 35.2 Å². The maximum atomic E-state index is 12.2. The van der Waals surface area contributed by atoms with Gasteiger partial charge in [-0.3, -0.25) is 9.59 Å². The Balaban J connectivity index is 2.77. The summed E-state index contributed by atoms with van der Waals surface area (Å²) in [5.74, 6) is 0.273. The van der Waals surface area contributed by atoms with Crippen LogP contribution in [0.3, 0.4) is 0 Å². The summed E-state index contributed by atoms with van der Waals surface area (Å²) in [6, 6.07) is 5.19. The first-order chi connectivity index (χ1) is 9.93. The number of nitrogens with two attached hydrogens (primary N) is 1. The lowest BCUT2D eigenvalue weighted by Gasteiger charge is -2.17. The van der Waals surface area contributed by atoms with Gasteiger partial charge in [-0.2, -0.15) is 11.8 Å². The molecule has 21 heavy (non-hydrogen) atoms. The smallest absolute Gasteiger partial charge is 0.312 e. The number of thioether (sulfide) groups is 1. The van der Waals surface area contributed by atoms with Gasteiger partial charge >= 0.3 is 6.03 Å². The summed E-state index contributed by atoms with van der Waals surface area (Å²) in [6.07, 6.45) is 2.39. The molecular weight excluding hydrogens is 290 g/mol. The van der Waals surface area contributed by atoms with Gasteiger partial charge < -0.3 is 16.4 Å². The van der Waals surface area contributed by atoms with Crippen LogP contribution in [0.4, 0.5) is 10.5 Å². The number of benzene rings is 1. The third kappa shape index (κ3) is 5.86. The minimum atomic E-state index is -0.742. The molecule has 0 bridgehead atoms. The molecule has 0 aliphatic carbocycles. The summed E-state index contributed by atoms with van der Waals surface area (Å²) in [7, 11) is 0. The molecule has 0 aliphatic rings. The number of hydrogen-bond acceptors (Lipinski definition) is 4. The summed E-state index contributed by atoms with van der Waals surface area (Å²) in [5.41, 5.74) is 6.10. The third-order valence-corrected chi connectivity index (χ3v) is 3.42. The quantitative estimate of drug-likeness (QED) is 0.666. The highest BCUT2D eigenvalue weighted by atomic mass is 32.2. The Morgan fingerprint density at radius 3 is 2.62 bits per heavy atom. The molecule has 7 heteroatoms. The molecule has 0 saturated heterocycles. The van der Waals surface area contributed by atoms with Crippen LogP contribution in [0.1, 0.15) is 23.7 Å². The largest absolute Gasteiger partial charge is 0.352 e. The van der Waals surface area contributed by atoms with Gasteiger partial charge in [-0.25, -0.2) is 4.79 Å². The summed E-state index contributed by atoms with van der Waals surface area (Å²) in [4.78, 5) is 34.4. The Hall–Kier alpha value is -2.02. The highest BCUT2D eigenvalue weighted by Gasteiger charge is 2.19. The van der Waals surface area contributed by atoms with E-state index in [2.05, 4.69) is 10.6 Å². The predicted octanol–water partition coefficient (Wildman–Crippen LogP) is 1.62. The molecule has 1 atom stereocenters. The number of primary amides is 1. The number of carbonyl (C=O) groups excluding carboxylic acids is 3. The molecule has 114 valence electrons. The normalized spacial score (nSPS) is 11.5. The number of ketones is 1. The molecule has 0 radical (unpaired) electrons. The Labute approximate surface area is 127 Å². The van der Waals surface area contributed by atoms with Crippen molar-refractivity contribution in [2.45, 2.75) is 19.4 Å². The molecule has 0 aliphatic heterocycles. The Bertz CT molecular complexity index is 534. The van der Waals surface area contributed by atoms with Gasteiger partial charge in [0.1, 0.15) is 6.04 Å². The van der Waals surface area contributed by atoms with Crippen molar-refractivity contribution in [3.63, 3.8) is 0 Å². The van der Waals surface area contributed by atoms with E-state index in [1.54, 1.807) is 36.0 Å². The molecule has 1 aromatic rings. The van der Waals surface area contributed by atoms with E-state index in [1.165, 1.54) is 6.92 Å². The van der Waals surface area contributed by atoms with Crippen LogP contribution in [0.2, 0.25) is 0 Å². The molecular formula is C14H19N3O3S. The van der Waals surface area contributed by atoms with Crippen molar-refractivity contribution in [2.24, 2.45) is 5.73 Å². The van der Waals surface area contributed by atoms with Gasteiger partial charge in [0, 0.05) is 11.3 Å². The summed E-state index contributed by atoms with van der Waals surface area (Å²) >= 11 is 1.57. The van der Waals surface area contributed by atoms with E-state index in [9.17, 15) is 14.4 Å². The second-order valence-electron chi connectivity index (χ2n) is 4.47. The fraction of sp³-hybridized carbons (Fsp3) is 0.357. The summed E-state index contributed by atoms with van der Waals surface area (Å²) < 4.78 is 0. The first-order valence-electron chi connectivity index (χ1n) is 6.40. The van der Waals surface area contributed by atoms with Crippen LogP contribution in [-0.4, -0.2) is 35.8 Å². The van der Waals surface area contributed by atoms with E-state index < -0.39 is 12.1 Å². The fourth-order valence-electron chi connectivity index (χ4n) is 1.72. The van der Waals surface area contributed by atoms with Crippen LogP contribution in [0.25, 0.3) is 0 Å². The second kappa shape index (κ2) is 8.31. The van der Waals surface area contributed by atoms with Gasteiger partial charge in [0.2, 0.25) is 5.91 Å². The summed E-state index contributed by atoms with van der Waals surface area (Å²) in [6.45, 7) is 1.46. The van der Waals surface area contributed by atoms with Crippen LogP contribution in [0, 0.1) is 0 Å². The van der Waals surface area contributed by atoms with E-state index in [-0.39, 0.29) is 11.7 Å². The highest BCUT2D eigenvalue weighted by Crippen LogP contribution is 2.12. The first kappa shape index (κ1) is 17.0. The summed E-state index contributed by atoms with van der Waals surface area (Å²) in [5, 5.41) is 5.10. The number of amides is 3. The number of hydrogen-bond donors (Lipinski definition) is 3. The Morgan fingerprint density at radius 1 is 1.33 bits per heavy atom. The fourth-order valence-corrected chi connectivity index (χ4v) is 2.19. The van der Waals surface area contributed by atoms with Crippen LogP contribution < -0.4 is 16.4 Å². The number of anilines is 1. The van der Waals surface area contributed by atoms with Crippen LogP contribution in [-0.2, 0) is 4.79 Å². The lowest BCUT2D eigenvalue weighted by molar-refractivity contribution is -0.117. The molecule has 0 fully saturated rings. The van der Waals surface area contributed by atoms with Crippen molar-refractivity contribution in [2.75, 3.05) is 17.3 Å². The molecule has 0 unspecified atom stereocenters. The molecule has 0 saturated carbocycles. The van der Waals surface area contributed by atoms with Crippen molar-refractivity contribution < 1.29 is 14.4 Å². The number of rotatable bonds is 7. The number of Topliss-reactive ketones (excluding diaryl/α,β-unsaturated/α-hetero) is 1. The molecule has 6 nitrogen and oxygen atoms in total. The molecule has 0 spiro atoms. The highest BCUT2D eigenvalue weighted by molar-refractivity contribution is 7.98. The van der Waals surface area contributed by atoms with E-state index in [4.69, 9.17) is 5.73 Å². The maximum Gasteiger partial charge on any atom is 0.312 e. The average Bonchev–Trinajstić information content (AvgIpc) is 2.43. The van der Waals surface area contributed by atoms with Gasteiger partial charge in [-0.1, -0.05) is 12.1 Å². The van der Waals surface area contributed by atoms with E-state index >= 15 is 0 Å². The standard InChI is InChI=1S/C14H19N3O3S/c1-9(18)10-4-3-5-11(8-10)16-13(19)12(6-7-21-2)17-14(15)20/h3-5,8,12H,6-7H2,1-2H3,(H,16,19)(H3,15,17,20)/t12-/m0/s1. The van der Waals surface area contributed by atoms with E-state index in [0.29, 0.717) is 23.4 Å². The minimum Gasteiger partial charge on any atom is -0.352 e. The molecule has 3 amide bonds. The molecule has 1 rings (SSSR count). The molecule has 0 heterocycles. The maximum absolute atomic E-state index is 12.2. The number of carbonyl (C=O) groups is 3. The molecule has 1 aromatic carbocycles. The van der Waals surface area contributed by atoms with Crippen molar-refractivity contribution in [1.29, 1.82) is 0 Å². The monoisotopic (exact) mass is 309 g/mol. The number of nitrogens with one attached hydrogen (secondary N) is 2. The second-order valence-corrected chi connectivity index (χ2v) is 5.45. The SMILES string of the molecule is CSCC[C@H](NC(N)=O)C(=O)Nc1cccc(C(C)=O)c1. The van der Waals surface area contributed by atoms with Gasteiger partial charge in [0.15, 0.2) is 5.78 Å². The molecule has 0 aromatic heterocycles. The zero-order valence-electron chi connectivity index (χ0n) is 12.0. The predicted molar refractivity (Wildman–Crippen MR) is 84.6 cm³/mol. The van der Waals surface area contributed by atoms with Gasteiger partial charge in [0.05, 0.1) is 0 Å². The first-order valence-corrected chi connectivity index (χ1v) is 7.80. The van der Waals surface area contributed by atoms with E-state index in [1.807, 2.05) is 6.26 Å². The van der Waals surface area contributed by atoms with Crippen LogP contribution >= 0.6 is 11.8 Å². The van der Waals surface area contributed by atoms with E-state index in [0.717, 1.165) is 0 Å². The third-order valence-electron chi connectivity index (χ3n) is 2.78. The average molecular weight is 309 g/mol. The van der Waals surface area contributed by atoms with Crippen molar-refractivity contribution in [3.8, 4) is 0 Å². The number of urea groups is 1. The zero-order chi connectivity index (χ0) is 15.8. The van der Waals surface area contributed by atoms with Gasteiger partial charge in [0.25, 0.3) is 0 Å². The Kier molecular flexibility index (Phi) is 6.74. The van der Waals surface area contributed by atoms with Gasteiger partial charge in [-0.05, 0) is 37.5 Å². The zero-order valence-corrected chi connectivity index (χ0v) is 12.8. The molecule has 4 N–H and O–H groups in total. The minimum absolute atomic E-state index is 0.0831. The topological polar surface area (TPSA) is 101 Å². The van der Waals surface area contributed by atoms with Crippen molar-refractivity contribution in [1.82, 2.24) is 5.32 Å². The van der Waals surface area contributed by atoms with Crippen molar-refractivity contribution in [3.05, 3.63) is 29.8 Å². The van der Waals surface area contributed by atoms with Crippen LogP contribution in [0.5, 0.6) is 0 Å². The van der Waals surface area contributed by atoms with Gasteiger partial charge in [-0.15, -0.1) is 0 Å². The lowest BCUT2D eigenvalue weighted by atomic mass is 10.1. The lowest BCUT2D eigenvalue weighted by Crippen LogP contribution is -2.46.